The molecule has 1 aliphatic rings. The quantitative estimate of drug-likeness (QED) is 0.638. The minimum absolute atomic E-state index is 0.148. The standard InChI is InChI=1S/C15H20N4/c1-11(12-7-8-12)15(18-16)14-9-10-17-19(14)13-5-3-2-4-6-13/h2-6,9-12,15,18H,7-8,16H2,1H3. The van der Waals surface area contributed by atoms with E-state index in [0.29, 0.717) is 5.92 Å². The van der Waals surface area contributed by atoms with Crippen LogP contribution in [0, 0.1) is 11.8 Å². The van der Waals surface area contributed by atoms with Crippen molar-refractivity contribution in [2.45, 2.75) is 25.8 Å². The third-order valence-corrected chi connectivity index (χ3v) is 4.06. The van der Waals surface area contributed by atoms with E-state index in [1.165, 1.54) is 12.8 Å². The van der Waals surface area contributed by atoms with Crippen molar-refractivity contribution in [3.8, 4) is 5.69 Å². The highest BCUT2D eigenvalue weighted by molar-refractivity contribution is 5.33. The number of para-hydroxylation sites is 1. The number of hydrogen-bond acceptors (Lipinski definition) is 3. The van der Waals surface area contributed by atoms with Crippen molar-refractivity contribution in [2.24, 2.45) is 17.7 Å². The van der Waals surface area contributed by atoms with Crippen LogP contribution in [0.25, 0.3) is 5.69 Å². The van der Waals surface area contributed by atoms with Crippen molar-refractivity contribution in [1.82, 2.24) is 15.2 Å². The minimum Gasteiger partial charge on any atom is -0.271 e. The van der Waals surface area contributed by atoms with E-state index in [0.717, 1.165) is 17.3 Å². The van der Waals surface area contributed by atoms with E-state index in [-0.39, 0.29) is 6.04 Å². The number of nitrogens with two attached hydrogens (primary N) is 1. The fourth-order valence-electron chi connectivity index (χ4n) is 2.73. The lowest BCUT2D eigenvalue weighted by Gasteiger charge is -2.24. The van der Waals surface area contributed by atoms with E-state index >= 15 is 0 Å². The molecular formula is C15H20N4. The molecular weight excluding hydrogens is 236 g/mol. The molecule has 0 amide bonds. The molecule has 2 aromatic rings. The van der Waals surface area contributed by atoms with Crippen LogP contribution in [0.15, 0.2) is 42.6 Å². The zero-order valence-electron chi connectivity index (χ0n) is 11.2. The third kappa shape index (κ3) is 2.41. The number of hydrazine groups is 1. The van der Waals surface area contributed by atoms with Crippen LogP contribution in [0.2, 0.25) is 0 Å². The molecule has 3 rings (SSSR count). The molecule has 1 heterocycles. The van der Waals surface area contributed by atoms with Crippen LogP contribution in [0.3, 0.4) is 0 Å². The first-order chi connectivity index (χ1) is 9.31. The average molecular weight is 256 g/mol. The van der Waals surface area contributed by atoms with E-state index in [1.807, 2.05) is 29.1 Å². The molecule has 1 aliphatic carbocycles. The molecule has 0 bridgehead atoms. The molecule has 19 heavy (non-hydrogen) atoms. The van der Waals surface area contributed by atoms with Crippen molar-refractivity contribution >= 4 is 0 Å². The first-order valence-electron chi connectivity index (χ1n) is 6.86. The highest BCUT2D eigenvalue weighted by Crippen LogP contribution is 2.42. The van der Waals surface area contributed by atoms with Crippen LogP contribution in [-0.4, -0.2) is 9.78 Å². The summed E-state index contributed by atoms with van der Waals surface area (Å²) in [5, 5.41) is 4.44. The lowest BCUT2D eigenvalue weighted by molar-refractivity contribution is 0.342. The van der Waals surface area contributed by atoms with Gasteiger partial charge >= 0.3 is 0 Å². The molecule has 0 spiro atoms. The van der Waals surface area contributed by atoms with Crippen molar-refractivity contribution < 1.29 is 0 Å². The molecule has 1 aromatic heterocycles. The molecule has 2 atom stereocenters. The summed E-state index contributed by atoms with van der Waals surface area (Å²) in [7, 11) is 0. The molecule has 0 saturated heterocycles. The second-order valence-electron chi connectivity index (χ2n) is 5.34. The summed E-state index contributed by atoms with van der Waals surface area (Å²) in [6, 6.07) is 12.4. The number of hydrogen-bond donors (Lipinski definition) is 2. The summed E-state index contributed by atoms with van der Waals surface area (Å²) < 4.78 is 1.98. The molecule has 2 unspecified atom stereocenters. The van der Waals surface area contributed by atoms with E-state index in [9.17, 15) is 0 Å². The van der Waals surface area contributed by atoms with Crippen molar-refractivity contribution in [3.63, 3.8) is 0 Å². The normalized spacial score (nSPS) is 18.2. The van der Waals surface area contributed by atoms with Gasteiger partial charge in [0, 0.05) is 6.20 Å². The van der Waals surface area contributed by atoms with Gasteiger partial charge in [-0.3, -0.25) is 11.3 Å². The second-order valence-corrected chi connectivity index (χ2v) is 5.34. The molecule has 1 saturated carbocycles. The summed E-state index contributed by atoms with van der Waals surface area (Å²) in [6.45, 7) is 2.27. The Hall–Kier alpha value is -1.65. The van der Waals surface area contributed by atoms with Crippen molar-refractivity contribution in [1.29, 1.82) is 0 Å². The summed E-state index contributed by atoms with van der Waals surface area (Å²) in [6.07, 6.45) is 4.48. The zero-order chi connectivity index (χ0) is 13.2. The number of nitrogens with zero attached hydrogens (tertiary/aromatic N) is 2. The van der Waals surface area contributed by atoms with Crippen LogP contribution < -0.4 is 11.3 Å². The average Bonchev–Trinajstić information content (AvgIpc) is 3.20. The van der Waals surface area contributed by atoms with Crippen molar-refractivity contribution in [3.05, 3.63) is 48.3 Å². The lowest BCUT2D eigenvalue weighted by Crippen LogP contribution is -2.34. The maximum Gasteiger partial charge on any atom is 0.0661 e. The highest BCUT2D eigenvalue weighted by atomic mass is 15.3. The van der Waals surface area contributed by atoms with Crippen LogP contribution >= 0.6 is 0 Å². The van der Waals surface area contributed by atoms with Crippen LogP contribution in [0.4, 0.5) is 0 Å². The van der Waals surface area contributed by atoms with E-state index in [1.54, 1.807) is 0 Å². The maximum absolute atomic E-state index is 5.79. The van der Waals surface area contributed by atoms with Crippen LogP contribution in [0.1, 0.15) is 31.5 Å². The van der Waals surface area contributed by atoms with Gasteiger partial charge in [0.2, 0.25) is 0 Å². The van der Waals surface area contributed by atoms with Crippen LogP contribution in [0.5, 0.6) is 0 Å². The van der Waals surface area contributed by atoms with Gasteiger partial charge in [0.1, 0.15) is 0 Å². The second kappa shape index (κ2) is 5.15. The molecule has 1 fully saturated rings. The fourth-order valence-corrected chi connectivity index (χ4v) is 2.73. The van der Waals surface area contributed by atoms with Crippen molar-refractivity contribution in [2.75, 3.05) is 0 Å². The fraction of sp³-hybridized carbons (Fsp3) is 0.400. The number of aromatic nitrogens is 2. The predicted octanol–water partition coefficient (Wildman–Crippen LogP) is 2.42. The Bertz CT molecular complexity index is 530. The SMILES string of the molecule is CC(C1CC1)C(NN)c1ccnn1-c1ccccc1. The van der Waals surface area contributed by atoms with E-state index in [2.05, 4.69) is 35.6 Å². The van der Waals surface area contributed by atoms with Gasteiger partial charge in [0.15, 0.2) is 0 Å². The molecule has 4 nitrogen and oxygen atoms in total. The van der Waals surface area contributed by atoms with E-state index < -0.39 is 0 Å². The minimum atomic E-state index is 0.148. The Morgan fingerprint density at radius 1 is 1.26 bits per heavy atom. The largest absolute Gasteiger partial charge is 0.271 e. The van der Waals surface area contributed by atoms with Gasteiger partial charge in [0.05, 0.1) is 17.4 Å². The van der Waals surface area contributed by atoms with Gasteiger partial charge < -0.3 is 0 Å². The van der Waals surface area contributed by atoms with Gasteiger partial charge in [-0.25, -0.2) is 4.68 Å². The maximum atomic E-state index is 5.79. The summed E-state index contributed by atoms with van der Waals surface area (Å²) in [4.78, 5) is 0. The Labute approximate surface area is 113 Å². The smallest absolute Gasteiger partial charge is 0.0661 e. The lowest BCUT2D eigenvalue weighted by atomic mass is 9.94. The van der Waals surface area contributed by atoms with Gasteiger partial charge in [-0.05, 0) is 42.9 Å². The Balaban J connectivity index is 1.94. The molecule has 0 radical (unpaired) electrons. The van der Waals surface area contributed by atoms with Crippen LogP contribution in [-0.2, 0) is 0 Å². The van der Waals surface area contributed by atoms with Gasteiger partial charge in [-0.2, -0.15) is 5.10 Å². The van der Waals surface area contributed by atoms with Gasteiger partial charge in [-0.15, -0.1) is 0 Å². The number of nitrogens with one attached hydrogen (secondary N) is 1. The summed E-state index contributed by atoms with van der Waals surface area (Å²) in [5.74, 6) is 7.11. The molecule has 1 aromatic carbocycles. The summed E-state index contributed by atoms with van der Waals surface area (Å²) >= 11 is 0. The van der Waals surface area contributed by atoms with E-state index in [4.69, 9.17) is 5.84 Å². The Morgan fingerprint density at radius 3 is 2.63 bits per heavy atom. The predicted molar refractivity (Wildman–Crippen MR) is 75.5 cm³/mol. The molecule has 0 aliphatic heterocycles. The number of benzene rings is 1. The Morgan fingerprint density at radius 2 is 2.00 bits per heavy atom. The zero-order valence-corrected chi connectivity index (χ0v) is 11.2. The molecule has 100 valence electrons. The summed E-state index contributed by atoms with van der Waals surface area (Å²) in [5.41, 5.74) is 5.18. The molecule has 4 heteroatoms. The Kier molecular flexibility index (Phi) is 3.36. The monoisotopic (exact) mass is 256 g/mol. The first kappa shape index (κ1) is 12.4. The third-order valence-electron chi connectivity index (χ3n) is 4.06. The topological polar surface area (TPSA) is 55.9 Å². The highest BCUT2D eigenvalue weighted by Gasteiger charge is 2.35. The first-order valence-corrected chi connectivity index (χ1v) is 6.86. The molecule has 3 N–H and O–H groups in total. The van der Waals surface area contributed by atoms with Gasteiger partial charge in [0.25, 0.3) is 0 Å². The van der Waals surface area contributed by atoms with Gasteiger partial charge in [-0.1, -0.05) is 25.1 Å². The number of rotatable bonds is 5.